The normalized spacial score (nSPS) is 11.7. The molecule has 138 valence electrons. The third kappa shape index (κ3) is 3.77. The maximum Gasteiger partial charge on any atom is 0.251 e. The highest BCUT2D eigenvalue weighted by Crippen LogP contribution is 2.15. The second-order valence-electron chi connectivity index (χ2n) is 6.07. The third-order valence-electron chi connectivity index (χ3n) is 4.14. The summed E-state index contributed by atoms with van der Waals surface area (Å²) >= 11 is 0. The summed E-state index contributed by atoms with van der Waals surface area (Å²) in [6, 6.07) is 12.2. The van der Waals surface area contributed by atoms with E-state index in [2.05, 4.69) is 20.1 Å². The van der Waals surface area contributed by atoms with Gasteiger partial charge in [-0.2, -0.15) is 5.10 Å². The molecule has 1 amide bonds. The summed E-state index contributed by atoms with van der Waals surface area (Å²) in [5.41, 5.74) is 2.66. The Balaban J connectivity index is 1.36. The van der Waals surface area contributed by atoms with E-state index >= 15 is 0 Å². The highest BCUT2D eigenvalue weighted by atomic mass is 32.2. The third-order valence-corrected chi connectivity index (χ3v) is 5.43. The van der Waals surface area contributed by atoms with Gasteiger partial charge in [-0.15, -0.1) is 0 Å². The molecular weight excluding hydrogens is 366 g/mol. The summed E-state index contributed by atoms with van der Waals surface area (Å²) in [7, 11) is -3.59. The Morgan fingerprint density at radius 3 is 2.93 bits per heavy atom. The number of aromatic nitrogens is 3. The Labute approximate surface area is 155 Å². The van der Waals surface area contributed by atoms with Crippen molar-refractivity contribution in [1.82, 2.24) is 19.9 Å². The number of pyridine rings is 1. The van der Waals surface area contributed by atoms with E-state index in [0.29, 0.717) is 11.3 Å². The summed E-state index contributed by atoms with van der Waals surface area (Å²) in [5, 5.41) is 7.62. The zero-order valence-electron chi connectivity index (χ0n) is 14.2. The van der Waals surface area contributed by atoms with Gasteiger partial charge in [0.25, 0.3) is 5.91 Å². The van der Waals surface area contributed by atoms with Crippen LogP contribution in [-0.4, -0.2) is 41.2 Å². The molecule has 3 heterocycles. The number of benzene rings is 1. The van der Waals surface area contributed by atoms with Crippen LogP contribution in [0.25, 0.3) is 16.4 Å². The van der Waals surface area contributed by atoms with E-state index in [9.17, 15) is 13.2 Å². The first-order valence-electron chi connectivity index (χ1n) is 8.29. The van der Waals surface area contributed by atoms with E-state index in [1.807, 2.05) is 12.1 Å². The summed E-state index contributed by atoms with van der Waals surface area (Å²) in [6.45, 7) is 0.00820. The molecule has 0 aliphatic rings. The Kier molecular flexibility index (Phi) is 4.28. The quantitative estimate of drug-likeness (QED) is 0.473. The minimum atomic E-state index is -3.59. The molecule has 0 radical (unpaired) electrons. The number of nitrogens with one attached hydrogen (secondary N) is 3. The SMILES string of the molecule is O=C(NCCS(=O)(=O)Nc1ccn2nccc2c1)c1ccc2[nH]ccc2c1. The number of aromatic amines is 1. The molecule has 1 aromatic carbocycles. The van der Waals surface area contributed by atoms with Gasteiger partial charge in [0.2, 0.25) is 10.0 Å². The van der Waals surface area contributed by atoms with Crippen LogP contribution >= 0.6 is 0 Å². The number of fused-ring (bicyclic) bond motifs is 2. The highest BCUT2D eigenvalue weighted by molar-refractivity contribution is 7.92. The van der Waals surface area contributed by atoms with Crippen LogP contribution in [0.15, 0.2) is 61.1 Å². The van der Waals surface area contributed by atoms with Crippen molar-refractivity contribution in [3.8, 4) is 0 Å². The summed E-state index contributed by atoms with van der Waals surface area (Å²) in [4.78, 5) is 15.3. The molecule has 0 atom stereocenters. The van der Waals surface area contributed by atoms with Crippen molar-refractivity contribution in [2.45, 2.75) is 0 Å². The van der Waals surface area contributed by atoms with Gasteiger partial charge in [-0.1, -0.05) is 0 Å². The lowest BCUT2D eigenvalue weighted by Crippen LogP contribution is -2.31. The highest BCUT2D eigenvalue weighted by Gasteiger charge is 2.13. The maximum absolute atomic E-state index is 12.2. The fraction of sp³-hybridized carbons (Fsp3) is 0.111. The number of nitrogens with zero attached hydrogens (tertiary/aromatic N) is 2. The Hall–Kier alpha value is -3.33. The summed E-state index contributed by atoms with van der Waals surface area (Å²) < 4.78 is 28.6. The van der Waals surface area contributed by atoms with Crippen molar-refractivity contribution < 1.29 is 13.2 Å². The van der Waals surface area contributed by atoms with E-state index in [-0.39, 0.29) is 18.2 Å². The molecule has 4 rings (SSSR count). The van der Waals surface area contributed by atoms with Gasteiger partial charge in [-0.25, -0.2) is 12.9 Å². The molecule has 0 aliphatic heterocycles. The molecule has 3 aromatic heterocycles. The number of hydrogen-bond donors (Lipinski definition) is 3. The number of anilines is 1. The Morgan fingerprint density at radius 2 is 2.04 bits per heavy atom. The molecule has 0 saturated carbocycles. The van der Waals surface area contributed by atoms with Crippen molar-refractivity contribution in [2.24, 2.45) is 0 Å². The summed E-state index contributed by atoms with van der Waals surface area (Å²) in [6.07, 6.45) is 5.10. The molecule has 8 nitrogen and oxygen atoms in total. The van der Waals surface area contributed by atoms with E-state index in [1.54, 1.807) is 53.4 Å². The Bertz CT molecular complexity index is 1230. The van der Waals surface area contributed by atoms with Crippen LogP contribution in [0.5, 0.6) is 0 Å². The average Bonchev–Trinajstić information content (AvgIpc) is 3.28. The molecule has 0 aliphatic carbocycles. The van der Waals surface area contributed by atoms with E-state index in [1.165, 1.54) is 0 Å². The lowest BCUT2D eigenvalue weighted by atomic mass is 10.1. The zero-order chi connectivity index (χ0) is 18.9. The van der Waals surface area contributed by atoms with Gasteiger partial charge in [0.05, 0.1) is 17.0 Å². The number of rotatable bonds is 6. The number of H-pyrrole nitrogens is 1. The van der Waals surface area contributed by atoms with Crippen molar-refractivity contribution in [3.63, 3.8) is 0 Å². The molecule has 0 fully saturated rings. The minimum absolute atomic E-state index is 0.00820. The summed E-state index contributed by atoms with van der Waals surface area (Å²) in [5.74, 6) is -0.538. The average molecular weight is 383 g/mol. The molecule has 0 unspecified atom stereocenters. The first kappa shape index (κ1) is 17.1. The number of carbonyl (C=O) groups excluding carboxylic acids is 1. The van der Waals surface area contributed by atoms with Crippen LogP contribution < -0.4 is 10.0 Å². The number of hydrogen-bond acceptors (Lipinski definition) is 4. The predicted molar refractivity (Wildman–Crippen MR) is 103 cm³/mol. The first-order chi connectivity index (χ1) is 13.0. The van der Waals surface area contributed by atoms with Crippen molar-refractivity contribution in [1.29, 1.82) is 0 Å². The van der Waals surface area contributed by atoms with Crippen LogP contribution in [0.4, 0.5) is 5.69 Å². The number of amides is 1. The van der Waals surface area contributed by atoms with E-state index < -0.39 is 10.0 Å². The van der Waals surface area contributed by atoms with E-state index in [4.69, 9.17) is 0 Å². The van der Waals surface area contributed by atoms with Crippen LogP contribution in [0.3, 0.4) is 0 Å². The van der Waals surface area contributed by atoms with Crippen LogP contribution in [0, 0.1) is 0 Å². The van der Waals surface area contributed by atoms with Crippen LogP contribution in [0.2, 0.25) is 0 Å². The molecule has 0 bridgehead atoms. The molecular formula is C18H17N5O3S. The molecule has 4 aromatic rings. The zero-order valence-corrected chi connectivity index (χ0v) is 15.0. The van der Waals surface area contributed by atoms with Crippen molar-refractivity contribution >= 4 is 38.0 Å². The van der Waals surface area contributed by atoms with E-state index in [0.717, 1.165) is 16.4 Å². The maximum atomic E-state index is 12.2. The largest absolute Gasteiger partial charge is 0.361 e. The van der Waals surface area contributed by atoms with Crippen LogP contribution in [0.1, 0.15) is 10.4 Å². The second kappa shape index (κ2) is 6.76. The second-order valence-corrected chi connectivity index (χ2v) is 7.91. The van der Waals surface area contributed by atoms with Gasteiger partial charge >= 0.3 is 0 Å². The molecule has 27 heavy (non-hydrogen) atoms. The predicted octanol–water partition coefficient (Wildman–Crippen LogP) is 1.99. The van der Waals surface area contributed by atoms with Gasteiger partial charge in [-0.05, 0) is 42.5 Å². The molecule has 9 heteroatoms. The number of carbonyl (C=O) groups is 1. The standard InChI is InChI=1S/C18H17N5O3S/c24-18(14-1-2-17-13(11-14)3-6-19-17)20-8-10-27(25,26)22-15-5-9-23-16(12-15)4-7-21-23/h1-7,9,11-12,19,22H,8,10H2,(H,20,24). The fourth-order valence-corrected chi connectivity index (χ4v) is 3.77. The van der Waals surface area contributed by atoms with Crippen LogP contribution in [-0.2, 0) is 10.0 Å². The van der Waals surface area contributed by atoms with Crippen molar-refractivity contribution in [2.75, 3.05) is 17.0 Å². The molecule has 0 saturated heterocycles. The number of sulfonamides is 1. The van der Waals surface area contributed by atoms with Crippen molar-refractivity contribution in [3.05, 3.63) is 66.6 Å². The van der Waals surface area contributed by atoms with Gasteiger partial charge in [-0.3, -0.25) is 9.52 Å². The molecule has 0 spiro atoms. The monoisotopic (exact) mass is 383 g/mol. The topological polar surface area (TPSA) is 108 Å². The first-order valence-corrected chi connectivity index (χ1v) is 9.95. The van der Waals surface area contributed by atoms with Gasteiger partial charge in [0.15, 0.2) is 0 Å². The van der Waals surface area contributed by atoms with Gasteiger partial charge < -0.3 is 10.3 Å². The lowest BCUT2D eigenvalue weighted by molar-refractivity contribution is 0.0956. The minimum Gasteiger partial charge on any atom is -0.361 e. The Morgan fingerprint density at radius 1 is 1.15 bits per heavy atom. The smallest absolute Gasteiger partial charge is 0.251 e. The lowest BCUT2D eigenvalue weighted by Gasteiger charge is -2.09. The van der Waals surface area contributed by atoms with Gasteiger partial charge in [0, 0.05) is 41.6 Å². The molecule has 3 N–H and O–H groups in total. The van der Waals surface area contributed by atoms with Gasteiger partial charge in [0.1, 0.15) is 0 Å². The fourth-order valence-electron chi connectivity index (χ4n) is 2.81.